The van der Waals surface area contributed by atoms with Gasteiger partial charge in [-0.15, -0.1) is 10.2 Å². The van der Waals surface area contributed by atoms with E-state index in [1.165, 1.54) is 0 Å². The maximum absolute atomic E-state index is 12.4. The minimum Gasteiger partial charge on any atom is -0.322 e. The standard InChI is InChI=1S/C19H13Cl2N5O/c1-11-23-24-18-7-6-17(25-26(11)18)12-2-4-16(5-3-12)22-19(27)13-8-14(20)10-15(21)9-13/h2-10H,1H3,(H,22,27). The quantitative estimate of drug-likeness (QED) is 0.545. The molecule has 27 heavy (non-hydrogen) atoms. The van der Waals surface area contributed by atoms with Gasteiger partial charge in [-0.05, 0) is 49.4 Å². The summed E-state index contributed by atoms with van der Waals surface area (Å²) in [6, 6.07) is 15.8. The van der Waals surface area contributed by atoms with Gasteiger partial charge in [-0.3, -0.25) is 4.79 Å². The largest absolute Gasteiger partial charge is 0.322 e. The highest BCUT2D eigenvalue weighted by Gasteiger charge is 2.09. The molecule has 0 unspecified atom stereocenters. The summed E-state index contributed by atoms with van der Waals surface area (Å²) in [4.78, 5) is 12.4. The van der Waals surface area contributed by atoms with Crippen molar-refractivity contribution in [3.63, 3.8) is 0 Å². The fourth-order valence-electron chi connectivity index (χ4n) is 2.66. The molecule has 6 nitrogen and oxygen atoms in total. The number of carbonyl (C=O) groups excluding carboxylic acids is 1. The number of nitrogens with zero attached hydrogens (tertiary/aromatic N) is 4. The van der Waals surface area contributed by atoms with Crippen LogP contribution in [0.25, 0.3) is 16.9 Å². The van der Waals surface area contributed by atoms with E-state index in [9.17, 15) is 4.79 Å². The predicted molar refractivity (Wildman–Crippen MR) is 105 cm³/mol. The number of aryl methyl sites for hydroxylation is 1. The van der Waals surface area contributed by atoms with Gasteiger partial charge in [-0.1, -0.05) is 35.3 Å². The number of amides is 1. The first-order valence-electron chi connectivity index (χ1n) is 8.06. The lowest BCUT2D eigenvalue weighted by molar-refractivity contribution is 0.102. The highest BCUT2D eigenvalue weighted by atomic mass is 35.5. The van der Waals surface area contributed by atoms with Crippen molar-refractivity contribution >= 4 is 40.4 Å². The van der Waals surface area contributed by atoms with Crippen molar-refractivity contribution in [1.82, 2.24) is 19.8 Å². The van der Waals surface area contributed by atoms with E-state index in [1.807, 2.05) is 43.3 Å². The third-order valence-electron chi connectivity index (χ3n) is 3.98. The lowest BCUT2D eigenvalue weighted by atomic mass is 10.1. The number of nitrogens with one attached hydrogen (secondary N) is 1. The number of carbonyl (C=O) groups is 1. The maximum Gasteiger partial charge on any atom is 0.255 e. The van der Waals surface area contributed by atoms with E-state index in [1.54, 1.807) is 22.7 Å². The van der Waals surface area contributed by atoms with Crippen molar-refractivity contribution in [2.45, 2.75) is 6.92 Å². The Hall–Kier alpha value is -2.96. The molecule has 8 heteroatoms. The van der Waals surface area contributed by atoms with E-state index in [0.29, 0.717) is 26.9 Å². The molecule has 1 amide bonds. The molecule has 134 valence electrons. The number of rotatable bonds is 3. The van der Waals surface area contributed by atoms with Gasteiger partial charge in [-0.25, -0.2) is 0 Å². The van der Waals surface area contributed by atoms with Crippen molar-refractivity contribution in [1.29, 1.82) is 0 Å². The van der Waals surface area contributed by atoms with Crippen LogP contribution < -0.4 is 5.32 Å². The second-order valence-corrected chi connectivity index (χ2v) is 6.80. The topological polar surface area (TPSA) is 72.2 Å². The summed E-state index contributed by atoms with van der Waals surface area (Å²) in [6.45, 7) is 1.84. The van der Waals surface area contributed by atoms with Gasteiger partial charge in [0.05, 0.1) is 5.69 Å². The average molecular weight is 398 g/mol. The van der Waals surface area contributed by atoms with Gasteiger partial charge in [-0.2, -0.15) is 9.61 Å². The first-order chi connectivity index (χ1) is 13.0. The molecular formula is C19H13Cl2N5O. The summed E-state index contributed by atoms with van der Waals surface area (Å²) in [5.41, 5.74) is 3.44. The lowest BCUT2D eigenvalue weighted by Crippen LogP contribution is -2.11. The average Bonchev–Trinajstić information content (AvgIpc) is 3.02. The molecule has 2 aromatic carbocycles. The summed E-state index contributed by atoms with van der Waals surface area (Å²) in [5.74, 6) is 0.433. The van der Waals surface area contributed by atoms with Crippen LogP contribution in [0.4, 0.5) is 5.69 Å². The first kappa shape index (κ1) is 17.5. The van der Waals surface area contributed by atoms with Gasteiger partial charge < -0.3 is 5.32 Å². The summed E-state index contributed by atoms with van der Waals surface area (Å²) < 4.78 is 1.69. The van der Waals surface area contributed by atoms with E-state index < -0.39 is 0 Å². The highest BCUT2D eigenvalue weighted by molar-refractivity contribution is 6.35. The molecule has 2 heterocycles. The zero-order valence-electron chi connectivity index (χ0n) is 14.1. The lowest BCUT2D eigenvalue weighted by Gasteiger charge is -2.08. The second-order valence-electron chi connectivity index (χ2n) is 5.93. The Kier molecular flexibility index (Phi) is 4.51. The second kappa shape index (κ2) is 6.98. The molecule has 4 aromatic rings. The molecular weight excluding hydrogens is 385 g/mol. The molecule has 0 atom stereocenters. The minimum atomic E-state index is -0.285. The Morgan fingerprint density at radius 2 is 1.67 bits per heavy atom. The van der Waals surface area contributed by atoms with Crippen LogP contribution in [0.3, 0.4) is 0 Å². The van der Waals surface area contributed by atoms with Crippen LogP contribution in [-0.2, 0) is 0 Å². The van der Waals surface area contributed by atoms with E-state index in [4.69, 9.17) is 23.2 Å². The Labute approximate surface area is 164 Å². The van der Waals surface area contributed by atoms with Gasteiger partial charge in [0.1, 0.15) is 0 Å². The van der Waals surface area contributed by atoms with Crippen LogP contribution in [0.5, 0.6) is 0 Å². The first-order valence-corrected chi connectivity index (χ1v) is 8.82. The Morgan fingerprint density at radius 3 is 2.37 bits per heavy atom. The maximum atomic E-state index is 12.4. The van der Waals surface area contributed by atoms with Crippen molar-refractivity contribution in [3.05, 3.63) is 76.0 Å². The van der Waals surface area contributed by atoms with E-state index in [0.717, 1.165) is 17.1 Å². The molecule has 0 spiro atoms. The summed E-state index contributed by atoms with van der Waals surface area (Å²) in [6.07, 6.45) is 0. The number of halogens is 2. The van der Waals surface area contributed by atoms with Crippen molar-refractivity contribution in [2.75, 3.05) is 5.32 Å². The Morgan fingerprint density at radius 1 is 0.963 bits per heavy atom. The van der Waals surface area contributed by atoms with Gasteiger partial charge in [0.15, 0.2) is 11.5 Å². The Balaban J connectivity index is 1.56. The fraction of sp³-hybridized carbons (Fsp3) is 0.0526. The molecule has 0 saturated heterocycles. The smallest absolute Gasteiger partial charge is 0.255 e. The third-order valence-corrected chi connectivity index (χ3v) is 4.42. The monoisotopic (exact) mass is 397 g/mol. The van der Waals surface area contributed by atoms with Crippen molar-refractivity contribution in [3.8, 4) is 11.3 Å². The van der Waals surface area contributed by atoms with Crippen molar-refractivity contribution < 1.29 is 4.79 Å². The van der Waals surface area contributed by atoms with E-state index in [2.05, 4.69) is 20.6 Å². The zero-order valence-corrected chi connectivity index (χ0v) is 15.7. The molecule has 2 aromatic heterocycles. The minimum absolute atomic E-state index is 0.285. The third kappa shape index (κ3) is 3.63. The van der Waals surface area contributed by atoms with Crippen molar-refractivity contribution in [2.24, 2.45) is 0 Å². The molecule has 0 aliphatic heterocycles. The molecule has 1 N–H and O–H groups in total. The molecule has 4 rings (SSSR count). The molecule has 0 aliphatic rings. The molecule has 0 radical (unpaired) electrons. The zero-order chi connectivity index (χ0) is 19.0. The SMILES string of the molecule is Cc1nnc2ccc(-c3ccc(NC(=O)c4cc(Cl)cc(Cl)c4)cc3)nn12. The Bertz CT molecular complexity index is 1130. The van der Waals surface area contributed by atoms with Crippen LogP contribution in [0.2, 0.25) is 10.0 Å². The van der Waals surface area contributed by atoms with E-state index in [-0.39, 0.29) is 5.91 Å². The fourth-order valence-corrected chi connectivity index (χ4v) is 3.19. The summed E-state index contributed by atoms with van der Waals surface area (Å²) >= 11 is 11.9. The number of benzene rings is 2. The number of aromatic nitrogens is 4. The predicted octanol–water partition coefficient (Wildman–Crippen LogP) is 4.66. The summed E-state index contributed by atoms with van der Waals surface area (Å²) in [7, 11) is 0. The summed E-state index contributed by atoms with van der Waals surface area (Å²) in [5, 5.41) is 16.2. The van der Waals surface area contributed by atoms with Crippen LogP contribution >= 0.6 is 23.2 Å². The van der Waals surface area contributed by atoms with Crippen LogP contribution in [-0.4, -0.2) is 25.7 Å². The van der Waals surface area contributed by atoms with Gasteiger partial charge >= 0.3 is 0 Å². The number of hydrogen-bond acceptors (Lipinski definition) is 4. The highest BCUT2D eigenvalue weighted by Crippen LogP contribution is 2.22. The van der Waals surface area contributed by atoms with Crippen LogP contribution in [0.1, 0.15) is 16.2 Å². The number of fused-ring (bicyclic) bond motifs is 1. The van der Waals surface area contributed by atoms with Crippen LogP contribution in [0, 0.1) is 6.92 Å². The molecule has 0 fully saturated rings. The van der Waals surface area contributed by atoms with E-state index >= 15 is 0 Å². The number of anilines is 1. The van der Waals surface area contributed by atoms with Crippen LogP contribution in [0.15, 0.2) is 54.6 Å². The molecule has 0 saturated carbocycles. The number of hydrogen-bond donors (Lipinski definition) is 1. The normalized spacial score (nSPS) is 10.9. The van der Waals surface area contributed by atoms with Gasteiger partial charge in [0.25, 0.3) is 5.91 Å². The molecule has 0 aliphatic carbocycles. The van der Waals surface area contributed by atoms with Gasteiger partial charge in [0, 0.05) is 26.9 Å². The van der Waals surface area contributed by atoms with Gasteiger partial charge in [0.2, 0.25) is 0 Å². The molecule has 0 bridgehead atoms.